The second-order valence-corrected chi connectivity index (χ2v) is 9.47. The van der Waals surface area contributed by atoms with Gasteiger partial charge < -0.3 is 14.5 Å². The van der Waals surface area contributed by atoms with Crippen LogP contribution in [0.5, 0.6) is 0 Å². The van der Waals surface area contributed by atoms with Gasteiger partial charge in [-0.1, -0.05) is 30.3 Å². The maximum absolute atomic E-state index is 13.1. The minimum atomic E-state index is -3.69. The predicted molar refractivity (Wildman–Crippen MR) is 119 cm³/mol. The van der Waals surface area contributed by atoms with E-state index in [4.69, 9.17) is 9.15 Å². The Morgan fingerprint density at radius 1 is 1.12 bits per heavy atom. The lowest BCUT2D eigenvalue weighted by Gasteiger charge is -2.31. The lowest BCUT2D eigenvalue weighted by Crippen LogP contribution is -2.43. The van der Waals surface area contributed by atoms with Crippen LogP contribution in [-0.2, 0) is 19.6 Å². The van der Waals surface area contributed by atoms with Crippen molar-refractivity contribution in [1.82, 2.24) is 4.31 Å². The van der Waals surface area contributed by atoms with Gasteiger partial charge in [0.25, 0.3) is 0 Å². The summed E-state index contributed by atoms with van der Waals surface area (Å²) in [6.07, 6.45) is 1.10. The van der Waals surface area contributed by atoms with Crippen molar-refractivity contribution in [3.63, 3.8) is 0 Å². The molecule has 0 saturated carbocycles. The number of fused-ring (bicyclic) bond motifs is 1. The molecular weight excluding hydrogens is 432 g/mol. The van der Waals surface area contributed by atoms with E-state index in [0.29, 0.717) is 30.4 Å². The topological polar surface area (TPSA) is 106 Å². The van der Waals surface area contributed by atoms with Crippen molar-refractivity contribution >= 4 is 38.6 Å². The third-order valence-electron chi connectivity index (χ3n) is 5.44. The average molecular weight is 457 g/mol. The van der Waals surface area contributed by atoms with Crippen molar-refractivity contribution in [2.24, 2.45) is 5.92 Å². The smallest absolute Gasteiger partial charge is 0.376 e. The second-order valence-electron chi connectivity index (χ2n) is 7.53. The lowest BCUT2D eigenvalue weighted by molar-refractivity contribution is -0.120. The lowest BCUT2D eigenvalue weighted by atomic mass is 9.98. The highest BCUT2D eigenvalue weighted by molar-refractivity contribution is 7.89. The first-order valence-corrected chi connectivity index (χ1v) is 11.9. The van der Waals surface area contributed by atoms with Crippen molar-refractivity contribution in [3.8, 4) is 0 Å². The van der Waals surface area contributed by atoms with Crippen LogP contribution in [0.3, 0.4) is 0 Å². The van der Waals surface area contributed by atoms with Crippen LogP contribution < -0.4 is 5.32 Å². The molecule has 1 N–H and O–H groups in total. The van der Waals surface area contributed by atoms with Gasteiger partial charge in [0.05, 0.1) is 17.4 Å². The highest BCUT2D eigenvalue weighted by Gasteiger charge is 2.34. The van der Waals surface area contributed by atoms with Gasteiger partial charge >= 0.3 is 5.97 Å². The van der Waals surface area contributed by atoms with Crippen molar-refractivity contribution in [1.29, 1.82) is 0 Å². The number of ether oxygens (including phenoxy) is 1. The van der Waals surface area contributed by atoms with Gasteiger partial charge in [-0.05, 0) is 44.0 Å². The van der Waals surface area contributed by atoms with Gasteiger partial charge in [0.15, 0.2) is 0 Å². The summed E-state index contributed by atoms with van der Waals surface area (Å²) in [5.74, 6) is -1.68. The van der Waals surface area contributed by atoms with E-state index in [0.717, 1.165) is 0 Å². The first kappa shape index (κ1) is 22.0. The number of hydrogen-bond donors (Lipinski definition) is 1. The largest absolute Gasteiger partial charge is 0.460 e. The molecule has 8 nitrogen and oxygen atoms in total. The van der Waals surface area contributed by atoms with E-state index in [1.165, 1.54) is 4.31 Å². The SMILES string of the molecule is CCOC(=O)c1oc2ccccc2c1NC(=O)C1CCCN(S(=O)(=O)c2ccccc2)C1. The molecule has 1 saturated heterocycles. The molecule has 32 heavy (non-hydrogen) atoms. The van der Waals surface area contributed by atoms with E-state index in [1.54, 1.807) is 61.5 Å². The predicted octanol–water partition coefficient (Wildman–Crippen LogP) is 3.65. The number of carbonyl (C=O) groups excluding carboxylic acids is 2. The van der Waals surface area contributed by atoms with E-state index in [-0.39, 0.29) is 35.4 Å². The molecule has 1 amide bonds. The number of furan rings is 1. The fraction of sp³-hybridized carbons (Fsp3) is 0.304. The Morgan fingerprint density at radius 2 is 1.84 bits per heavy atom. The quantitative estimate of drug-likeness (QED) is 0.568. The fourth-order valence-electron chi connectivity index (χ4n) is 3.85. The maximum Gasteiger partial charge on any atom is 0.376 e. The molecule has 3 aromatic rings. The average Bonchev–Trinajstić information content (AvgIpc) is 3.18. The molecule has 9 heteroatoms. The normalized spacial score (nSPS) is 17.2. The van der Waals surface area contributed by atoms with E-state index in [9.17, 15) is 18.0 Å². The number of para-hydroxylation sites is 1. The van der Waals surface area contributed by atoms with Gasteiger partial charge in [-0.3, -0.25) is 4.79 Å². The van der Waals surface area contributed by atoms with Crippen molar-refractivity contribution in [3.05, 3.63) is 60.4 Å². The number of anilines is 1. The van der Waals surface area contributed by atoms with Crippen LogP contribution in [0, 0.1) is 5.92 Å². The summed E-state index contributed by atoms with van der Waals surface area (Å²) < 4.78 is 38.0. The molecule has 2 heterocycles. The fourth-order valence-corrected chi connectivity index (χ4v) is 5.40. The van der Waals surface area contributed by atoms with Gasteiger partial charge in [0, 0.05) is 18.5 Å². The van der Waals surface area contributed by atoms with Gasteiger partial charge in [-0.15, -0.1) is 0 Å². The molecule has 4 rings (SSSR count). The number of rotatable bonds is 6. The highest BCUT2D eigenvalue weighted by Crippen LogP contribution is 2.33. The summed E-state index contributed by atoms with van der Waals surface area (Å²) in [6.45, 7) is 2.26. The minimum absolute atomic E-state index is 0.0631. The van der Waals surface area contributed by atoms with Gasteiger partial charge in [-0.25, -0.2) is 13.2 Å². The number of nitrogens with one attached hydrogen (secondary N) is 1. The van der Waals surface area contributed by atoms with Crippen LogP contribution in [0.15, 0.2) is 63.9 Å². The van der Waals surface area contributed by atoms with Crippen LogP contribution in [0.25, 0.3) is 11.0 Å². The molecule has 1 fully saturated rings. The standard InChI is InChI=1S/C23H24N2O6S/c1-2-30-23(27)21-20(18-12-6-7-13-19(18)31-21)24-22(26)16-9-8-14-25(15-16)32(28,29)17-10-4-3-5-11-17/h3-7,10-13,16H,2,8-9,14-15H2,1H3,(H,24,26). The number of hydrogen-bond acceptors (Lipinski definition) is 6. The number of esters is 1. The molecule has 1 aliphatic rings. The van der Waals surface area contributed by atoms with Crippen molar-refractivity contribution < 1.29 is 27.2 Å². The molecule has 1 unspecified atom stereocenters. The third-order valence-corrected chi connectivity index (χ3v) is 7.32. The molecular formula is C23H24N2O6S. The molecule has 0 bridgehead atoms. The molecule has 0 aliphatic carbocycles. The zero-order valence-corrected chi connectivity index (χ0v) is 18.4. The second kappa shape index (κ2) is 9.13. The minimum Gasteiger partial charge on any atom is -0.460 e. The Balaban J connectivity index is 1.57. The van der Waals surface area contributed by atoms with Crippen LogP contribution in [0.4, 0.5) is 5.69 Å². The summed E-state index contributed by atoms with van der Waals surface area (Å²) in [5, 5.41) is 3.38. The number of nitrogens with zero attached hydrogens (tertiary/aromatic N) is 1. The number of amides is 1. The highest BCUT2D eigenvalue weighted by atomic mass is 32.2. The third kappa shape index (κ3) is 4.26. The van der Waals surface area contributed by atoms with Crippen molar-refractivity contribution in [2.75, 3.05) is 25.0 Å². The molecule has 0 spiro atoms. The Morgan fingerprint density at radius 3 is 2.59 bits per heavy atom. The number of sulfonamides is 1. The monoisotopic (exact) mass is 456 g/mol. The number of carbonyl (C=O) groups is 2. The summed E-state index contributed by atoms with van der Waals surface area (Å²) in [6, 6.07) is 15.2. The van der Waals surface area contributed by atoms with Crippen molar-refractivity contribution in [2.45, 2.75) is 24.7 Å². The Labute approximate surface area is 186 Å². The Bertz CT molecular complexity index is 1240. The summed E-state index contributed by atoms with van der Waals surface area (Å²) >= 11 is 0. The first-order chi connectivity index (χ1) is 15.4. The number of piperidine rings is 1. The molecule has 1 aliphatic heterocycles. The van der Waals surface area contributed by atoms with E-state index >= 15 is 0 Å². The summed E-state index contributed by atoms with van der Waals surface area (Å²) in [4.78, 5) is 25.7. The maximum atomic E-state index is 13.1. The molecule has 1 aromatic heterocycles. The molecule has 1 atom stereocenters. The number of benzene rings is 2. The van der Waals surface area contributed by atoms with E-state index in [2.05, 4.69) is 5.32 Å². The Hall–Kier alpha value is -3.17. The summed E-state index contributed by atoms with van der Waals surface area (Å²) in [5.41, 5.74) is 0.690. The zero-order chi connectivity index (χ0) is 22.7. The molecule has 168 valence electrons. The zero-order valence-electron chi connectivity index (χ0n) is 17.6. The molecule has 0 radical (unpaired) electrons. The van der Waals surface area contributed by atoms with E-state index in [1.807, 2.05) is 0 Å². The summed E-state index contributed by atoms with van der Waals surface area (Å²) in [7, 11) is -3.69. The van der Waals surface area contributed by atoms with Crippen LogP contribution in [-0.4, -0.2) is 44.3 Å². The van der Waals surface area contributed by atoms with E-state index < -0.39 is 21.9 Å². The van der Waals surface area contributed by atoms with Crippen LogP contribution in [0.1, 0.15) is 30.3 Å². The first-order valence-electron chi connectivity index (χ1n) is 10.5. The van der Waals surface area contributed by atoms with Gasteiger partial charge in [-0.2, -0.15) is 4.31 Å². The van der Waals surface area contributed by atoms with Crippen LogP contribution >= 0.6 is 0 Å². The van der Waals surface area contributed by atoms with Crippen LogP contribution in [0.2, 0.25) is 0 Å². The molecule has 2 aromatic carbocycles. The van der Waals surface area contributed by atoms with Gasteiger partial charge in [0.1, 0.15) is 11.3 Å². The Kier molecular flexibility index (Phi) is 6.29. The van der Waals surface area contributed by atoms with Gasteiger partial charge in [0.2, 0.25) is 21.7 Å².